The minimum Gasteiger partial charge on any atom is -0.512 e. The summed E-state index contributed by atoms with van der Waals surface area (Å²) in [6.07, 6.45) is 7.72. The number of carbonyl (C=O) groups is 1. The summed E-state index contributed by atoms with van der Waals surface area (Å²) in [5.74, 6) is 0.890. The van der Waals surface area contributed by atoms with Crippen LogP contribution in [-0.4, -0.2) is 20.9 Å². The molecule has 0 atom stereocenters. The molecule has 0 saturated carbocycles. The second-order valence-corrected chi connectivity index (χ2v) is 18.7. The van der Waals surface area contributed by atoms with Gasteiger partial charge in [0, 0.05) is 53.3 Å². The van der Waals surface area contributed by atoms with E-state index in [1.54, 1.807) is 6.33 Å². The minimum absolute atomic E-state index is 0. The second kappa shape index (κ2) is 19.3. The van der Waals surface area contributed by atoms with E-state index in [1.165, 1.54) is 49.7 Å². The number of fused-ring (bicyclic) bond motifs is 2. The van der Waals surface area contributed by atoms with Crippen molar-refractivity contribution in [1.82, 2.24) is 9.97 Å². The molecule has 2 aromatic heterocycles. The number of thiophene rings is 1. The van der Waals surface area contributed by atoms with Crippen LogP contribution in [0.1, 0.15) is 143 Å². The van der Waals surface area contributed by atoms with E-state index in [-0.39, 0.29) is 54.3 Å². The van der Waals surface area contributed by atoms with Crippen LogP contribution >= 0.6 is 11.3 Å². The number of ketones is 1. The normalized spacial score (nSPS) is 12.4. The first-order chi connectivity index (χ1) is 25.3. The molecule has 1 radical (unpaired) electrons. The topological polar surface area (TPSA) is 63.1 Å². The largest absolute Gasteiger partial charge is 0.512 e. The first kappa shape index (κ1) is 46.2. The first-order valence-corrected chi connectivity index (χ1v) is 20.9. The molecule has 55 heavy (non-hydrogen) atoms. The molecule has 0 fully saturated rings. The molecule has 5 aromatic rings. The van der Waals surface area contributed by atoms with Crippen molar-refractivity contribution in [2.24, 2.45) is 17.3 Å². The zero-order valence-corrected chi connectivity index (χ0v) is 39.2. The number of aliphatic hydroxyl groups is 1. The summed E-state index contributed by atoms with van der Waals surface area (Å²) < 4.78 is 1.15. The Morgan fingerprint density at radius 1 is 0.873 bits per heavy atom. The third kappa shape index (κ3) is 11.0. The van der Waals surface area contributed by atoms with Crippen molar-refractivity contribution in [2.45, 2.75) is 140 Å². The fourth-order valence-electron chi connectivity index (χ4n) is 7.72. The zero-order chi connectivity index (χ0) is 40.1. The summed E-state index contributed by atoms with van der Waals surface area (Å²) in [5, 5.41) is 12.2. The molecule has 299 valence electrons. The predicted octanol–water partition coefficient (Wildman–Crippen LogP) is 14.5. The van der Waals surface area contributed by atoms with Gasteiger partial charge in [0.05, 0.1) is 11.3 Å². The molecule has 5 rings (SSSR count). The Balaban J connectivity index is 0.000000433. The standard InChI is InChI=1S/C36H41N2S.C13H24O2.Ir/c1-21(2)29-32-34(39-33(29)30-22(3)15-24(16-23(30)4)19-35(5,6)7)31(37-20-38-32)26-17-25-13-11-12-14-27(25)28(18-26)36(8,9)10;1-5-10(6-2)12(14)9-13(15)11(7-3)8-4;/h11-16,18,20-21H,19H2,1-10H3;9-11,14H,5-8H2,1-4H3;/q-1;;/b;12-9-;. The number of nitrogens with zero attached hydrogens (tertiary/aromatic N) is 2. The van der Waals surface area contributed by atoms with Gasteiger partial charge < -0.3 is 5.11 Å². The van der Waals surface area contributed by atoms with Crippen LogP contribution in [0.5, 0.6) is 0 Å². The van der Waals surface area contributed by atoms with Crippen LogP contribution in [0.15, 0.2) is 60.6 Å². The van der Waals surface area contributed by atoms with Gasteiger partial charge in [-0.2, -0.15) is 0 Å². The van der Waals surface area contributed by atoms with Crippen molar-refractivity contribution < 1.29 is 30.0 Å². The quantitative estimate of drug-likeness (QED) is 0.0814. The molecule has 2 heterocycles. The van der Waals surface area contributed by atoms with Gasteiger partial charge in [-0.1, -0.05) is 124 Å². The number of carbonyl (C=O) groups excluding carboxylic acids is 1. The van der Waals surface area contributed by atoms with Crippen molar-refractivity contribution in [1.29, 1.82) is 0 Å². The number of hydrogen-bond acceptors (Lipinski definition) is 5. The fraction of sp³-hybridized carbons (Fsp3) is 0.490. The molecule has 0 aliphatic rings. The second-order valence-electron chi connectivity index (χ2n) is 17.6. The SMILES string of the molecule is CCC(CC)C(=O)/C=C(\O)C(CC)CC.Cc1cc(CC(C)(C)C)cc(C)c1-c1sc2c(-c3[c-]c4ccccc4c(C(C)(C)C)c3)ncnc2c1C(C)C.[Ir]. The van der Waals surface area contributed by atoms with Crippen molar-refractivity contribution in [3.8, 4) is 21.7 Å². The number of rotatable bonds is 11. The van der Waals surface area contributed by atoms with E-state index in [0.717, 1.165) is 59.0 Å². The maximum absolute atomic E-state index is 11.7. The maximum atomic E-state index is 11.7. The van der Waals surface area contributed by atoms with Crippen LogP contribution in [-0.2, 0) is 36.7 Å². The van der Waals surface area contributed by atoms with Gasteiger partial charge in [-0.3, -0.25) is 9.78 Å². The van der Waals surface area contributed by atoms with Crippen molar-refractivity contribution in [2.75, 3.05) is 0 Å². The van der Waals surface area contributed by atoms with Gasteiger partial charge in [0.1, 0.15) is 6.33 Å². The van der Waals surface area contributed by atoms with Gasteiger partial charge in [-0.05, 0) is 90.5 Å². The zero-order valence-electron chi connectivity index (χ0n) is 36.0. The average molecular weight is 938 g/mol. The number of hydrogen-bond donors (Lipinski definition) is 1. The van der Waals surface area contributed by atoms with Gasteiger partial charge in [-0.25, -0.2) is 4.98 Å². The number of aryl methyl sites for hydroxylation is 2. The van der Waals surface area contributed by atoms with Crippen LogP contribution in [0, 0.1) is 37.2 Å². The molecule has 0 amide bonds. The first-order valence-electron chi connectivity index (χ1n) is 20.1. The van der Waals surface area contributed by atoms with Crippen LogP contribution in [0.2, 0.25) is 0 Å². The Hall–Kier alpha value is -3.18. The molecular weight excluding hydrogens is 873 g/mol. The van der Waals surface area contributed by atoms with Gasteiger partial charge in [-0.15, -0.1) is 40.5 Å². The van der Waals surface area contributed by atoms with E-state index < -0.39 is 0 Å². The Bertz CT molecular complexity index is 2080. The summed E-state index contributed by atoms with van der Waals surface area (Å²) in [6, 6.07) is 19.4. The molecule has 0 saturated heterocycles. The van der Waals surface area contributed by atoms with Crippen LogP contribution in [0.4, 0.5) is 0 Å². The Morgan fingerprint density at radius 2 is 1.45 bits per heavy atom. The summed E-state index contributed by atoms with van der Waals surface area (Å²) in [5.41, 5.74) is 11.4. The van der Waals surface area contributed by atoms with Crippen LogP contribution in [0.3, 0.4) is 0 Å². The Morgan fingerprint density at radius 3 is 1.98 bits per heavy atom. The summed E-state index contributed by atoms with van der Waals surface area (Å²) in [6.45, 7) is 30.9. The number of allylic oxidation sites excluding steroid dienone is 2. The van der Waals surface area contributed by atoms with E-state index in [0.29, 0.717) is 5.92 Å². The summed E-state index contributed by atoms with van der Waals surface area (Å²) >= 11 is 1.85. The number of aliphatic hydroxyl groups excluding tert-OH is 1. The molecule has 0 spiro atoms. The summed E-state index contributed by atoms with van der Waals surface area (Å²) in [4.78, 5) is 22.8. The molecule has 0 bridgehead atoms. The van der Waals surface area contributed by atoms with E-state index in [4.69, 9.17) is 9.97 Å². The van der Waals surface area contributed by atoms with Gasteiger partial charge in [0.15, 0.2) is 5.78 Å². The molecule has 1 N–H and O–H groups in total. The van der Waals surface area contributed by atoms with E-state index in [1.807, 2.05) is 39.0 Å². The Kier molecular flexibility index (Phi) is 16.2. The van der Waals surface area contributed by atoms with E-state index in [2.05, 4.69) is 118 Å². The number of benzene rings is 3. The third-order valence-electron chi connectivity index (χ3n) is 10.6. The smallest absolute Gasteiger partial charge is 0.162 e. The number of aromatic nitrogens is 2. The van der Waals surface area contributed by atoms with Gasteiger partial charge >= 0.3 is 0 Å². The molecular formula is C49H65IrN2O2S-. The fourth-order valence-corrected chi connectivity index (χ4v) is 9.31. The van der Waals surface area contributed by atoms with Gasteiger partial charge in [0.25, 0.3) is 0 Å². The Labute approximate surface area is 350 Å². The minimum atomic E-state index is 0. The molecule has 6 heteroatoms. The van der Waals surface area contributed by atoms with Crippen molar-refractivity contribution in [3.63, 3.8) is 0 Å². The van der Waals surface area contributed by atoms with Crippen molar-refractivity contribution >= 4 is 38.1 Å². The molecule has 0 aliphatic heterocycles. The average Bonchev–Trinajstić information content (AvgIpc) is 3.47. The van der Waals surface area contributed by atoms with Crippen LogP contribution in [0.25, 0.3) is 42.7 Å². The molecule has 0 unspecified atom stereocenters. The molecule has 3 aromatic carbocycles. The van der Waals surface area contributed by atoms with E-state index in [9.17, 15) is 9.90 Å². The van der Waals surface area contributed by atoms with E-state index >= 15 is 0 Å². The maximum Gasteiger partial charge on any atom is 0.162 e. The van der Waals surface area contributed by atoms with Crippen LogP contribution < -0.4 is 0 Å². The predicted molar refractivity (Wildman–Crippen MR) is 234 cm³/mol. The molecule has 4 nitrogen and oxygen atoms in total. The molecule has 0 aliphatic carbocycles. The monoisotopic (exact) mass is 938 g/mol. The summed E-state index contributed by atoms with van der Waals surface area (Å²) in [7, 11) is 0. The third-order valence-corrected chi connectivity index (χ3v) is 11.8. The van der Waals surface area contributed by atoms with Crippen molar-refractivity contribution in [3.05, 3.63) is 94.5 Å². The van der Waals surface area contributed by atoms with Gasteiger partial charge in [0.2, 0.25) is 0 Å².